The number of hydrogen-bond donors (Lipinski definition) is 1. The van der Waals surface area contributed by atoms with E-state index in [4.69, 9.17) is 0 Å². The number of hydrogen-bond acceptors (Lipinski definition) is 5. The van der Waals surface area contributed by atoms with Crippen LogP contribution >= 0.6 is 0 Å². The van der Waals surface area contributed by atoms with Gasteiger partial charge < -0.3 is 15.1 Å². The summed E-state index contributed by atoms with van der Waals surface area (Å²) >= 11 is 0. The van der Waals surface area contributed by atoms with Crippen molar-refractivity contribution in [2.75, 3.05) is 51.8 Å². The molecule has 0 aromatic heterocycles. The molecule has 1 saturated carbocycles. The molecule has 1 aromatic carbocycles. The summed E-state index contributed by atoms with van der Waals surface area (Å²) in [5, 5.41) is 3.17. The van der Waals surface area contributed by atoms with E-state index in [0.717, 1.165) is 25.7 Å². The molecular weight excluding hydrogens is 416 g/mol. The maximum Gasteiger partial charge on any atom is 0.318 e. The molecule has 9 heteroatoms. The fraction of sp³-hybridized carbons (Fsp3) is 0.636. The van der Waals surface area contributed by atoms with Crippen LogP contribution in [0, 0.1) is 0 Å². The molecule has 3 amide bonds. The Bertz CT molecular complexity index is 926. The third-order valence-electron chi connectivity index (χ3n) is 7.38. The first-order valence-electron chi connectivity index (χ1n) is 10.9. The molecule has 3 fully saturated rings. The lowest BCUT2D eigenvalue weighted by Crippen LogP contribution is -2.54. The smallest absolute Gasteiger partial charge is 0.318 e. The fourth-order valence-electron chi connectivity index (χ4n) is 5.30. The lowest BCUT2D eigenvalue weighted by Gasteiger charge is -2.48. The Morgan fingerprint density at radius 2 is 1.68 bits per heavy atom. The van der Waals surface area contributed by atoms with Crippen molar-refractivity contribution in [1.82, 2.24) is 20.0 Å². The zero-order valence-corrected chi connectivity index (χ0v) is 19.2. The Balaban J connectivity index is 1.40. The van der Waals surface area contributed by atoms with E-state index in [0.29, 0.717) is 6.54 Å². The Morgan fingerprint density at radius 1 is 1.06 bits per heavy atom. The molecule has 0 atom stereocenters. The quantitative estimate of drug-likeness (QED) is 0.743. The van der Waals surface area contributed by atoms with Crippen LogP contribution in [0.5, 0.6) is 0 Å². The molecule has 0 unspecified atom stereocenters. The Kier molecular flexibility index (Phi) is 5.76. The third kappa shape index (κ3) is 4.30. The number of amides is 3. The fourth-order valence-corrected chi connectivity index (χ4v) is 6.50. The van der Waals surface area contributed by atoms with Gasteiger partial charge in [-0.3, -0.25) is 9.69 Å². The standard InChI is InChI=1S/C22H32N4O4S/c1-24(2)22(18-6-4-3-5-7-18)10-8-21(9-11-22)17-26(20(28)23-21)16-19(27)25-12-14-31(29,30)15-13-25/h3-7H,8-17H2,1-2H3,(H,23,28)/t21-,22+. The summed E-state index contributed by atoms with van der Waals surface area (Å²) in [6, 6.07) is 10.3. The van der Waals surface area contributed by atoms with E-state index in [1.165, 1.54) is 5.56 Å². The van der Waals surface area contributed by atoms with E-state index in [1.807, 2.05) is 6.07 Å². The molecular formula is C22H32N4O4S. The van der Waals surface area contributed by atoms with Crippen molar-refractivity contribution in [2.24, 2.45) is 0 Å². The summed E-state index contributed by atoms with van der Waals surface area (Å²) in [4.78, 5) is 30.8. The lowest BCUT2D eigenvalue weighted by molar-refractivity contribution is -0.131. The van der Waals surface area contributed by atoms with E-state index in [9.17, 15) is 18.0 Å². The zero-order valence-electron chi connectivity index (χ0n) is 18.3. The van der Waals surface area contributed by atoms with Crippen molar-refractivity contribution < 1.29 is 18.0 Å². The van der Waals surface area contributed by atoms with Gasteiger partial charge in [-0.1, -0.05) is 30.3 Å². The molecule has 2 heterocycles. The molecule has 0 radical (unpaired) electrons. The first-order valence-corrected chi connectivity index (χ1v) is 12.8. The van der Waals surface area contributed by atoms with Gasteiger partial charge in [0.1, 0.15) is 6.54 Å². The number of benzene rings is 1. The number of sulfone groups is 1. The summed E-state index contributed by atoms with van der Waals surface area (Å²) in [7, 11) is 1.18. The average molecular weight is 449 g/mol. The van der Waals surface area contributed by atoms with E-state index in [2.05, 4.69) is 48.6 Å². The van der Waals surface area contributed by atoms with Gasteiger partial charge in [0.25, 0.3) is 0 Å². The summed E-state index contributed by atoms with van der Waals surface area (Å²) in [5.41, 5.74) is 0.933. The minimum Gasteiger partial charge on any atom is -0.339 e. The van der Waals surface area contributed by atoms with Crippen LogP contribution in [0.4, 0.5) is 4.79 Å². The second-order valence-electron chi connectivity index (χ2n) is 9.39. The van der Waals surface area contributed by atoms with Crippen LogP contribution < -0.4 is 5.32 Å². The molecule has 31 heavy (non-hydrogen) atoms. The molecule has 2 saturated heterocycles. The highest BCUT2D eigenvalue weighted by Gasteiger charge is 2.50. The van der Waals surface area contributed by atoms with E-state index in [1.54, 1.807) is 9.80 Å². The molecule has 0 bridgehead atoms. The molecule has 1 N–H and O–H groups in total. The van der Waals surface area contributed by atoms with Gasteiger partial charge in [-0.15, -0.1) is 0 Å². The summed E-state index contributed by atoms with van der Waals surface area (Å²) < 4.78 is 23.2. The Labute approximate surface area is 184 Å². The summed E-state index contributed by atoms with van der Waals surface area (Å²) in [5.74, 6) is -0.174. The molecule has 2 aliphatic heterocycles. The van der Waals surface area contributed by atoms with Crippen LogP contribution in [0.2, 0.25) is 0 Å². The van der Waals surface area contributed by atoms with Gasteiger partial charge in [0.2, 0.25) is 5.91 Å². The Hall–Kier alpha value is -2.13. The molecule has 170 valence electrons. The van der Waals surface area contributed by atoms with Crippen LogP contribution in [0.3, 0.4) is 0 Å². The third-order valence-corrected chi connectivity index (χ3v) is 8.99. The molecule has 1 spiro atoms. The van der Waals surface area contributed by atoms with Gasteiger partial charge in [-0.05, 0) is 45.3 Å². The van der Waals surface area contributed by atoms with Crippen molar-refractivity contribution in [3.63, 3.8) is 0 Å². The van der Waals surface area contributed by atoms with Crippen LogP contribution in [-0.4, -0.2) is 92.4 Å². The molecule has 1 aliphatic carbocycles. The predicted molar refractivity (Wildman–Crippen MR) is 118 cm³/mol. The van der Waals surface area contributed by atoms with Crippen molar-refractivity contribution in [3.05, 3.63) is 35.9 Å². The predicted octanol–water partition coefficient (Wildman–Crippen LogP) is 1.04. The highest BCUT2D eigenvalue weighted by molar-refractivity contribution is 7.91. The van der Waals surface area contributed by atoms with Gasteiger partial charge >= 0.3 is 6.03 Å². The van der Waals surface area contributed by atoms with E-state index < -0.39 is 9.84 Å². The largest absolute Gasteiger partial charge is 0.339 e. The van der Waals surface area contributed by atoms with Crippen LogP contribution in [0.1, 0.15) is 31.2 Å². The highest BCUT2D eigenvalue weighted by atomic mass is 32.2. The maximum atomic E-state index is 12.7. The van der Waals surface area contributed by atoms with Gasteiger partial charge in [0.05, 0.1) is 17.0 Å². The number of carbonyl (C=O) groups is 2. The number of nitrogens with zero attached hydrogens (tertiary/aromatic N) is 3. The van der Waals surface area contributed by atoms with Gasteiger partial charge in [0.15, 0.2) is 9.84 Å². The van der Waals surface area contributed by atoms with Gasteiger partial charge in [-0.25, -0.2) is 13.2 Å². The number of rotatable bonds is 4. The number of nitrogens with one attached hydrogen (secondary N) is 1. The van der Waals surface area contributed by atoms with Crippen molar-refractivity contribution in [3.8, 4) is 0 Å². The number of carbonyl (C=O) groups excluding carboxylic acids is 2. The molecule has 8 nitrogen and oxygen atoms in total. The van der Waals surface area contributed by atoms with Crippen LogP contribution in [-0.2, 0) is 20.2 Å². The first-order chi connectivity index (χ1) is 14.6. The SMILES string of the molecule is CN(C)[C@]1(c2ccccc2)CC[C@]2(CC1)CN(CC(=O)N1CCS(=O)(=O)CC1)C(=O)N2. The van der Waals surface area contributed by atoms with Gasteiger partial charge in [-0.2, -0.15) is 0 Å². The van der Waals surface area contributed by atoms with Crippen molar-refractivity contribution in [1.29, 1.82) is 0 Å². The van der Waals surface area contributed by atoms with Crippen LogP contribution in [0.15, 0.2) is 30.3 Å². The summed E-state index contributed by atoms with van der Waals surface area (Å²) in [6.45, 7) is 0.946. The molecule has 3 aliphatic rings. The van der Waals surface area contributed by atoms with Crippen LogP contribution in [0.25, 0.3) is 0 Å². The second kappa shape index (κ2) is 8.09. The average Bonchev–Trinajstić information content (AvgIpc) is 3.03. The monoisotopic (exact) mass is 448 g/mol. The Morgan fingerprint density at radius 3 is 2.26 bits per heavy atom. The number of urea groups is 1. The molecule has 1 aromatic rings. The lowest BCUT2D eigenvalue weighted by atomic mass is 9.69. The maximum absolute atomic E-state index is 12.7. The van der Waals surface area contributed by atoms with Crippen molar-refractivity contribution >= 4 is 21.8 Å². The van der Waals surface area contributed by atoms with E-state index >= 15 is 0 Å². The van der Waals surface area contributed by atoms with E-state index in [-0.39, 0.29) is 54.2 Å². The first kappa shape index (κ1) is 22.1. The minimum atomic E-state index is -3.04. The van der Waals surface area contributed by atoms with Crippen molar-refractivity contribution in [2.45, 2.75) is 36.8 Å². The zero-order chi connectivity index (χ0) is 22.3. The second-order valence-corrected chi connectivity index (χ2v) is 11.7. The highest BCUT2D eigenvalue weighted by Crippen LogP contribution is 2.45. The normalized spacial score (nSPS) is 30.6. The minimum absolute atomic E-state index is 0.000970. The van der Waals surface area contributed by atoms with Gasteiger partial charge in [0, 0.05) is 25.2 Å². The molecule has 4 rings (SSSR count). The summed E-state index contributed by atoms with van der Waals surface area (Å²) in [6.07, 6.45) is 3.54. The topological polar surface area (TPSA) is 90.0 Å².